The van der Waals surface area contributed by atoms with Crippen LogP contribution in [0.2, 0.25) is 0 Å². The third-order valence-corrected chi connectivity index (χ3v) is 6.57. The minimum atomic E-state index is -3.34. The van der Waals surface area contributed by atoms with Crippen molar-refractivity contribution in [1.82, 2.24) is 14.6 Å². The molecule has 120 valence electrons. The van der Waals surface area contributed by atoms with Gasteiger partial charge in [-0.15, -0.1) is 16.4 Å². The second-order valence-electron chi connectivity index (χ2n) is 5.92. The zero-order valence-corrected chi connectivity index (χ0v) is 14.4. The van der Waals surface area contributed by atoms with Crippen LogP contribution in [0.1, 0.15) is 24.0 Å². The number of sulfonamides is 1. The topological polar surface area (TPSA) is 76.4 Å². The van der Waals surface area contributed by atoms with Crippen molar-refractivity contribution in [2.24, 2.45) is 0 Å². The van der Waals surface area contributed by atoms with E-state index in [0.717, 1.165) is 16.8 Å². The number of nitrogens with one attached hydrogen (secondary N) is 1. The van der Waals surface area contributed by atoms with Gasteiger partial charge in [-0.1, -0.05) is 23.8 Å². The fraction of sp³-hybridized carbons (Fsp3) is 0.333. The van der Waals surface area contributed by atoms with Gasteiger partial charge in [0.1, 0.15) is 0 Å². The van der Waals surface area contributed by atoms with Gasteiger partial charge in [0.2, 0.25) is 15.0 Å². The predicted molar refractivity (Wildman–Crippen MR) is 91.3 cm³/mol. The lowest BCUT2D eigenvalue weighted by Crippen LogP contribution is -2.18. The van der Waals surface area contributed by atoms with Crippen molar-refractivity contribution in [3.05, 3.63) is 34.7 Å². The van der Waals surface area contributed by atoms with Gasteiger partial charge in [-0.2, -0.15) is 4.98 Å². The minimum absolute atomic E-state index is 0.148. The molecule has 1 N–H and O–H groups in total. The molecule has 1 aliphatic rings. The van der Waals surface area contributed by atoms with Gasteiger partial charge in [-0.05, 0) is 32.3 Å². The molecule has 0 aliphatic heterocycles. The first-order chi connectivity index (χ1) is 10.9. The van der Waals surface area contributed by atoms with Gasteiger partial charge in [-0.25, -0.2) is 17.7 Å². The molecule has 6 nitrogen and oxygen atoms in total. The number of anilines is 1. The van der Waals surface area contributed by atoms with E-state index < -0.39 is 10.0 Å². The molecule has 1 saturated carbocycles. The summed E-state index contributed by atoms with van der Waals surface area (Å²) in [6.45, 7) is 4.11. The molecule has 0 unspecified atom stereocenters. The molecule has 23 heavy (non-hydrogen) atoms. The number of hydrogen-bond acceptors (Lipinski definition) is 5. The van der Waals surface area contributed by atoms with Gasteiger partial charge in [0.05, 0.1) is 10.9 Å². The number of benzene rings is 1. The second-order valence-corrected chi connectivity index (χ2v) is 8.71. The molecule has 0 amide bonds. The lowest BCUT2D eigenvalue weighted by atomic mass is 10.0. The quantitative estimate of drug-likeness (QED) is 0.786. The molecule has 0 saturated heterocycles. The van der Waals surface area contributed by atoms with Crippen LogP contribution in [0.4, 0.5) is 5.95 Å². The molecule has 1 aliphatic carbocycles. The third kappa shape index (κ3) is 2.61. The third-order valence-electron chi connectivity index (χ3n) is 3.94. The Morgan fingerprint density at radius 1 is 1.30 bits per heavy atom. The Balaban J connectivity index is 1.74. The van der Waals surface area contributed by atoms with Gasteiger partial charge in [0, 0.05) is 10.9 Å². The smallest absolute Gasteiger partial charge is 0.250 e. The van der Waals surface area contributed by atoms with Crippen molar-refractivity contribution >= 4 is 32.3 Å². The van der Waals surface area contributed by atoms with Crippen LogP contribution < -0.4 is 4.72 Å². The van der Waals surface area contributed by atoms with Crippen molar-refractivity contribution in [1.29, 1.82) is 0 Å². The van der Waals surface area contributed by atoms with Crippen LogP contribution in [0, 0.1) is 13.8 Å². The van der Waals surface area contributed by atoms with Crippen molar-refractivity contribution in [2.75, 3.05) is 4.72 Å². The van der Waals surface area contributed by atoms with Crippen LogP contribution in [0.15, 0.2) is 23.6 Å². The molecule has 3 aromatic rings. The first-order valence-electron chi connectivity index (χ1n) is 7.37. The zero-order valence-electron chi connectivity index (χ0n) is 12.8. The van der Waals surface area contributed by atoms with Crippen molar-refractivity contribution in [3.8, 4) is 11.3 Å². The zero-order chi connectivity index (χ0) is 16.2. The maximum atomic E-state index is 12.0. The SMILES string of the molecule is Cc1ccc(-c2csc3nc(NS(=O)(=O)C4CC4)nn23)c(C)c1. The van der Waals surface area contributed by atoms with E-state index in [-0.39, 0.29) is 11.2 Å². The summed E-state index contributed by atoms with van der Waals surface area (Å²) >= 11 is 1.45. The maximum Gasteiger partial charge on any atom is 0.257 e. The maximum absolute atomic E-state index is 12.0. The molecule has 4 rings (SSSR count). The van der Waals surface area contributed by atoms with Crippen molar-refractivity contribution in [2.45, 2.75) is 31.9 Å². The summed E-state index contributed by atoms with van der Waals surface area (Å²) in [7, 11) is -3.34. The largest absolute Gasteiger partial charge is 0.257 e. The Labute approximate surface area is 138 Å². The van der Waals surface area contributed by atoms with E-state index >= 15 is 0 Å². The summed E-state index contributed by atoms with van der Waals surface area (Å²) in [6, 6.07) is 6.23. The molecular formula is C15H16N4O2S2. The Morgan fingerprint density at radius 3 is 2.78 bits per heavy atom. The van der Waals surface area contributed by atoms with Crippen LogP contribution in [0.25, 0.3) is 16.2 Å². The van der Waals surface area contributed by atoms with Crippen LogP contribution in [0.5, 0.6) is 0 Å². The van der Waals surface area contributed by atoms with Gasteiger partial charge in [0.15, 0.2) is 0 Å². The average molecular weight is 348 g/mol. The summed E-state index contributed by atoms with van der Waals surface area (Å²) in [6.07, 6.45) is 1.43. The summed E-state index contributed by atoms with van der Waals surface area (Å²) in [5.41, 5.74) is 4.35. The van der Waals surface area contributed by atoms with Gasteiger partial charge in [0.25, 0.3) is 5.95 Å². The molecule has 0 spiro atoms. The molecule has 0 atom stereocenters. The number of hydrogen-bond donors (Lipinski definition) is 1. The van der Waals surface area contributed by atoms with Gasteiger partial charge in [-0.3, -0.25) is 0 Å². The lowest BCUT2D eigenvalue weighted by molar-refractivity contribution is 0.599. The molecule has 2 heterocycles. The monoisotopic (exact) mass is 348 g/mol. The van der Waals surface area contributed by atoms with Crippen LogP contribution in [0.3, 0.4) is 0 Å². The first kappa shape index (κ1) is 14.6. The predicted octanol–water partition coefficient (Wildman–Crippen LogP) is 2.98. The highest BCUT2D eigenvalue weighted by atomic mass is 32.2. The standard InChI is InChI=1S/C15H16N4O2S2/c1-9-3-6-12(10(2)7-9)13-8-22-15-16-14(17-19(13)15)18-23(20,21)11-4-5-11/h3,6-8,11H,4-5H2,1-2H3,(H,17,18). The molecule has 1 aromatic carbocycles. The molecular weight excluding hydrogens is 332 g/mol. The Kier molecular flexibility index (Phi) is 3.21. The molecule has 1 fully saturated rings. The first-order valence-corrected chi connectivity index (χ1v) is 9.80. The van der Waals surface area contributed by atoms with Crippen molar-refractivity contribution < 1.29 is 8.42 Å². The molecule has 2 aromatic heterocycles. The van der Waals surface area contributed by atoms with Crippen LogP contribution in [-0.2, 0) is 10.0 Å². The highest BCUT2D eigenvalue weighted by Gasteiger charge is 2.36. The van der Waals surface area contributed by atoms with Crippen LogP contribution in [-0.4, -0.2) is 28.3 Å². The van der Waals surface area contributed by atoms with E-state index in [4.69, 9.17) is 0 Å². The van der Waals surface area contributed by atoms with E-state index in [1.807, 2.05) is 5.38 Å². The van der Waals surface area contributed by atoms with E-state index in [9.17, 15) is 8.42 Å². The number of rotatable bonds is 4. The minimum Gasteiger partial charge on any atom is -0.250 e. The number of aryl methyl sites for hydroxylation is 2. The molecule has 8 heteroatoms. The Bertz CT molecular complexity index is 1000. The molecule has 0 radical (unpaired) electrons. The van der Waals surface area contributed by atoms with Crippen molar-refractivity contribution in [3.63, 3.8) is 0 Å². The van der Waals surface area contributed by atoms with Crippen LogP contribution >= 0.6 is 11.3 Å². The average Bonchev–Trinajstić information content (AvgIpc) is 3.17. The number of aromatic nitrogens is 3. The Hall–Kier alpha value is -1.93. The fourth-order valence-electron chi connectivity index (χ4n) is 2.60. The highest BCUT2D eigenvalue weighted by molar-refractivity contribution is 7.93. The summed E-state index contributed by atoms with van der Waals surface area (Å²) in [4.78, 5) is 4.96. The summed E-state index contributed by atoms with van der Waals surface area (Å²) < 4.78 is 28.2. The number of fused-ring (bicyclic) bond motifs is 1. The molecule has 0 bridgehead atoms. The highest BCUT2D eigenvalue weighted by Crippen LogP contribution is 2.31. The lowest BCUT2D eigenvalue weighted by Gasteiger charge is -2.05. The normalized spacial score (nSPS) is 15.2. The van der Waals surface area contributed by atoms with E-state index in [1.54, 1.807) is 4.52 Å². The summed E-state index contributed by atoms with van der Waals surface area (Å²) in [5.74, 6) is 0.148. The Morgan fingerprint density at radius 2 is 2.09 bits per heavy atom. The summed E-state index contributed by atoms with van der Waals surface area (Å²) in [5, 5.41) is 6.04. The van der Waals surface area contributed by atoms with Gasteiger partial charge < -0.3 is 0 Å². The second kappa shape index (κ2) is 5.04. The van der Waals surface area contributed by atoms with Gasteiger partial charge >= 0.3 is 0 Å². The number of nitrogens with zero attached hydrogens (tertiary/aromatic N) is 3. The van der Waals surface area contributed by atoms with E-state index in [0.29, 0.717) is 17.8 Å². The van der Waals surface area contributed by atoms with E-state index in [2.05, 4.69) is 46.9 Å². The number of thiazole rings is 1. The fourth-order valence-corrected chi connectivity index (χ4v) is 4.69. The van der Waals surface area contributed by atoms with E-state index in [1.165, 1.54) is 16.9 Å².